The molecule has 0 bridgehead atoms. The maximum absolute atomic E-state index is 8.96. The van der Waals surface area contributed by atoms with Crippen LogP contribution in [-0.4, -0.2) is 4.98 Å². The second kappa shape index (κ2) is 2.81. The van der Waals surface area contributed by atoms with Crippen LogP contribution >= 0.6 is 11.3 Å². The van der Waals surface area contributed by atoms with Gasteiger partial charge in [-0.2, -0.15) is 5.26 Å². The molecule has 0 amide bonds. The molecule has 2 nitrogen and oxygen atoms in total. The van der Waals surface area contributed by atoms with E-state index in [-0.39, 0.29) is 0 Å². The first-order valence-electron chi connectivity index (χ1n) is 4.54. The Bertz CT molecular complexity index is 349. The Kier molecular flexibility index (Phi) is 1.88. The van der Waals surface area contributed by atoms with E-state index in [4.69, 9.17) is 5.26 Å². The van der Waals surface area contributed by atoms with E-state index in [2.05, 4.69) is 11.1 Å². The monoisotopic (exact) mass is 192 g/mol. The summed E-state index contributed by atoms with van der Waals surface area (Å²) >= 11 is 1.72. The second-order valence-corrected chi connectivity index (χ2v) is 5.06. The van der Waals surface area contributed by atoms with Crippen molar-refractivity contribution in [1.29, 1.82) is 5.26 Å². The van der Waals surface area contributed by atoms with Crippen molar-refractivity contribution in [2.24, 2.45) is 0 Å². The fourth-order valence-electron chi connectivity index (χ4n) is 1.51. The molecule has 1 aromatic heterocycles. The molecular weight excluding hydrogens is 180 g/mol. The van der Waals surface area contributed by atoms with Gasteiger partial charge in [-0.1, -0.05) is 0 Å². The topological polar surface area (TPSA) is 36.7 Å². The number of hydrogen-bond donors (Lipinski definition) is 0. The van der Waals surface area contributed by atoms with Gasteiger partial charge in [-0.3, -0.25) is 0 Å². The molecule has 0 saturated heterocycles. The Hall–Kier alpha value is -0.880. The molecule has 0 aliphatic heterocycles. The van der Waals surface area contributed by atoms with Gasteiger partial charge in [-0.25, -0.2) is 4.98 Å². The lowest BCUT2D eigenvalue weighted by Gasteiger charge is -2.10. The highest BCUT2D eigenvalue weighted by Crippen LogP contribution is 2.33. The Morgan fingerprint density at radius 2 is 2.23 bits per heavy atom. The molecule has 0 fully saturated rings. The van der Waals surface area contributed by atoms with Crippen molar-refractivity contribution in [3.63, 3.8) is 0 Å². The minimum Gasteiger partial charge on any atom is -0.244 e. The first-order chi connectivity index (χ1) is 6.13. The molecule has 2 rings (SSSR count). The number of aryl methyl sites for hydroxylation is 2. The predicted molar refractivity (Wildman–Crippen MR) is 52.8 cm³/mol. The van der Waals surface area contributed by atoms with Crippen molar-refractivity contribution in [2.45, 2.75) is 38.5 Å². The molecule has 0 radical (unpaired) electrons. The van der Waals surface area contributed by atoms with E-state index in [1.54, 1.807) is 11.3 Å². The van der Waals surface area contributed by atoms with Crippen LogP contribution < -0.4 is 0 Å². The van der Waals surface area contributed by atoms with Crippen molar-refractivity contribution < 1.29 is 0 Å². The van der Waals surface area contributed by atoms with E-state index in [0.29, 0.717) is 0 Å². The van der Waals surface area contributed by atoms with Crippen LogP contribution in [0.4, 0.5) is 0 Å². The summed E-state index contributed by atoms with van der Waals surface area (Å²) in [6, 6.07) is 2.29. The summed E-state index contributed by atoms with van der Waals surface area (Å²) in [5.41, 5.74) is 0.831. The van der Waals surface area contributed by atoms with Crippen LogP contribution in [0, 0.1) is 11.3 Å². The van der Waals surface area contributed by atoms with Crippen LogP contribution in [0.3, 0.4) is 0 Å². The molecule has 0 atom stereocenters. The highest BCUT2D eigenvalue weighted by Gasteiger charge is 2.27. The van der Waals surface area contributed by atoms with Gasteiger partial charge in [0.15, 0.2) is 0 Å². The normalized spacial score (nSPS) is 15.5. The zero-order valence-electron chi connectivity index (χ0n) is 7.92. The highest BCUT2D eigenvalue weighted by atomic mass is 32.1. The molecule has 3 heteroatoms. The van der Waals surface area contributed by atoms with Crippen LogP contribution in [0.2, 0.25) is 0 Å². The minimum atomic E-state index is -0.408. The Morgan fingerprint density at radius 1 is 1.46 bits per heavy atom. The standard InChI is InChI=1S/C10H12N2S/c1-10(2,6-11)9-12-7-4-3-5-8(7)13-9/h3-5H2,1-2H3. The lowest BCUT2D eigenvalue weighted by molar-refractivity contribution is 0.675. The molecular formula is C10H12N2S. The third kappa shape index (κ3) is 1.36. The van der Waals surface area contributed by atoms with Crippen molar-refractivity contribution in [3.8, 4) is 6.07 Å². The maximum atomic E-state index is 8.96. The molecule has 68 valence electrons. The number of hydrogen-bond acceptors (Lipinski definition) is 3. The van der Waals surface area contributed by atoms with E-state index in [9.17, 15) is 0 Å². The van der Waals surface area contributed by atoms with E-state index < -0.39 is 5.41 Å². The van der Waals surface area contributed by atoms with Crippen molar-refractivity contribution in [1.82, 2.24) is 4.98 Å². The molecule has 0 N–H and O–H groups in total. The Labute approximate surface area is 82.2 Å². The SMILES string of the molecule is CC(C)(C#N)c1nc2c(s1)CCC2. The number of rotatable bonds is 1. The number of thiazole rings is 1. The molecule has 1 heterocycles. The van der Waals surface area contributed by atoms with Gasteiger partial charge in [0.1, 0.15) is 10.4 Å². The van der Waals surface area contributed by atoms with E-state index in [0.717, 1.165) is 17.8 Å². The first kappa shape index (κ1) is 8.71. The third-order valence-corrected chi connectivity index (χ3v) is 3.89. The maximum Gasteiger partial charge on any atom is 0.113 e. The Morgan fingerprint density at radius 3 is 2.85 bits per heavy atom. The third-order valence-electron chi connectivity index (χ3n) is 2.41. The quantitative estimate of drug-likeness (QED) is 0.685. The van der Waals surface area contributed by atoms with E-state index in [1.807, 2.05) is 13.8 Å². The van der Waals surface area contributed by atoms with Crippen molar-refractivity contribution in [2.75, 3.05) is 0 Å². The fourth-order valence-corrected chi connectivity index (χ4v) is 2.71. The van der Waals surface area contributed by atoms with Gasteiger partial charge in [-0.05, 0) is 33.1 Å². The van der Waals surface area contributed by atoms with E-state index in [1.165, 1.54) is 17.0 Å². The predicted octanol–water partition coefficient (Wildman–Crippen LogP) is 2.43. The number of nitriles is 1. The van der Waals surface area contributed by atoms with Crippen LogP contribution in [0.5, 0.6) is 0 Å². The molecule has 0 aromatic carbocycles. The first-order valence-corrected chi connectivity index (χ1v) is 5.35. The van der Waals surface area contributed by atoms with Gasteiger partial charge in [0.05, 0.1) is 11.8 Å². The van der Waals surface area contributed by atoms with Gasteiger partial charge in [0.2, 0.25) is 0 Å². The molecule has 1 aliphatic rings. The molecule has 0 saturated carbocycles. The number of fused-ring (bicyclic) bond motifs is 1. The lowest BCUT2D eigenvalue weighted by Crippen LogP contribution is -2.13. The lowest BCUT2D eigenvalue weighted by atomic mass is 9.97. The second-order valence-electron chi connectivity index (χ2n) is 3.98. The summed E-state index contributed by atoms with van der Waals surface area (Å²) in [6.45, 7) is 3.86. The highest BCUT2D eigenvalue weighted by molar-refractivity contribution is 7.12. The van der Waals surface area contributed by atoms with Crippen molar-refractivity contribution in [3.05, 3.63) is 15.6 Å². The molecule has 1 aromatic rings. The number of nitrogens with zero attached hydrogens (tertiary/aromatic N) is 2. The van der Waals surface area contributed by atoms with Crippen LogP contribution in [0.25, 0.3) is 0 Å². The average molecular weight is 192 g/mol. The molecule has 0 unspecified atom stereocenters. The molecule has 1 aliphatic carbocycles. The van der Waals surface area contributed by atoms with Gasteiger partial charge < -0.3 is 0 Å². The Balaban J connectivity index is 2.40. The minimum absolute atomic E-state index is 0.408. The molecule has 0 spiro atoms. The van der Waals surface area contributed by atoms with Gasteiger partial charge >= 0.3 is 0 Å². The van der Waals surface area contributed by atoms with Crippen LogP contribution in [0.15, 0.2) is 0 Å². The van der Waals surface area contributed by atoms with Crippen molar-refractivity contribution >= 4 is 11.3 Å². The smallest absolute Gasteiger partial charge is 0.113 e. The summed E-state index contributed by atoms with van der Waals surface area (Å²) in [4.78, 5) is 5.93. The number of aromatic nitrogens is 1. The van der Waals surface area contributed by atoms with Gasteiger partial charge in [0.25, 0.3) is 0 Å². The summed E-state index contributed by atoms with van der Waals surface area (Å²) in [5, 5.41) is 9.94. The van der Waals surface area contributed by atoms with Crippen LogP contribution in [0.1, 0.15) is 35.8 Å². The van der Waals surface area contributed by atoms with Gasteiger partial charge in [0, 0.05) is 4.88 Å². The summed E-state index contributed by atoms with van der Waals surface area (Å²) in [7, 11) is 0. The zero-order valence-corrected chi connectivity index (χ0v) is 8.74. The summed E-state index contributed by atoms with van der Waals surface area (Å²) < 4.78 is 0. The summed E-state index contributed by atoms with van der Waals surface area (Å²) in [6.07, 6.45) is 3.50. The van der Waals surface area contributed by atoms with Gasteiger partial charge in [-0.15, -0.1) is 11.3 Å². The van der Waals surface area contributed by atoms with Crippen LogP contribution in [-0.2, 0) is 18.3 Å². The average Bonchev–Trinajstić information content (AvgIpc) is 2.61. The fraction of sp³-hybridized carbons (Fsp3) is 0.600. The zero-order chi connectivity index (χ0) is 9.47. The summed E-state index contributed by atoms with van der Waals surface area (Å²) in [5.74, 6) is 0. The van der Waals surface area contributed by atoms with E-state index >= 15 is 0 Å². The largest absolute Gasteiger partial charge is 0.244 e. The molecule has 13 heavy (non-hydrogen) atoms.